The molecule has 1 aliphatic rings. The van der Waals surface area contributed by atoms with Crippen molar-refractivity contribution in [3.05, 3.63) is 23.5 Å². The molecule has 1 aromatic carbocycles. The summed E-state index contributed by atoms with van der Waals surface area (Å²) in [6.07, 6.45) is 5.33. The van der Waals surface area contributed by atoms with E-state index in [0.29, 0.717) is 18.4 Å². The summed E-state index contributed by atoms with van der Waals surface area (Å²) in [4.78, 5) is 14.2. The van der Waals surface area contributed by atoms with E-state index in [4.69, 9.17) is 4.74 Å². The Kier molecular flexibility index (Phi) is 4.16. The highest BCUT2D eigenvalue weighted by molar-refractivity contribution is 7.90. The SMILES string of the molecule is COc1cc(S(C)(=O)=O)c(F)cc1C1(N=C=O)CCCC1. The summed E-state index contributed by atoms with van der Waals surface area (Å²) in [5.41, 5.74) is -0.472. The van der Waals surface area contributed by atoms with E-state index in [9.17, 15) is 17.6 Å². The normalized spacial score (nSPS) is 17.3. The van der Waals surface area contributed by atoms with Gasteiger partial charge in [0.1, 0.15) is 22.0 Å². The van der Waals surface area contributed by atoms with Crippen molar-refractivity contribution in [2.45, 2.75) is 36.1 Å². The number of benzene rings is 1. The lowest BCUT2D eigenvalue weighted by Gasteiger charge is -2.25. The average molecular weight is 313 g/mol. The van der Waals surface area contributed by atoms with Gasteiger partial charge in [-0.25, -0.2) is 17.6 Å². The number of rotatable bonds is 4. The van der Waals surface area contributed by atoms with Gasteiger partial charge in [-0.2, -0.15) is 4.99 Å². The van der Waals surface area contributed by atoms with Crippen LogP contribution in [0.3, 0.4) is 0 Å². The first kappa shape index (κ1) is 15.7. The Morgan fingerprint density at radius 1 is 1.33 bits per heavy atom. The predicted octanol–water partition coefficient (Wildman–Crippen LogP) is 2.34. The zero-order valence-corrected chi connectivity index (χ0v) is 12.7. The molecule has 114 valence electrons. The van der Waals surface area contributed by atoms with E-state index in [1.165, 1.54) is 7.11 Å². The second kappa shape index (κ2) is 5.58. The van der Waals surface area contributed by atoms with Crippen LogP contribution in [0.2, 0.25) is 0 Å². The highest BCUT2D eigenvalue weighted by Gasteiger charge is 2.39. The molecule has 5 nitrogen and oxygen atoms in total. The summed E-state index contributed by atoms with van der Waals surface area (Å²) < 4.78 is 42.5. The van der Waals surface area contributed by atoms with E-state index < -0.39 is 26.1 Å². The molecular formula is C14H16FNO4S. The number of methoxy groups -OCH3 is 1. The number of hydrogen-bond acceptors (Lipinski definition) is 5. The lowest BCUT2D eigenvalue weighted by molar-refractivity contribution is 0.374. The van der Waals surface area contributed by atoms with Crippen LogP contribution in [0.1, 0.15) is 31.2 Å². The van der Waals surface area contributed by atoms with Crippen molar-refractivity contribution in [3.63, 3.8) is 0 Å². The van der Waals surface area contributed by atoms with Crippen molar-refractivity contribution in [2.75, 3.05) is 13.4 Å². The number of ether oxygens (including phenoxy) is 1. The molecule has 0 amide bonds. The van der Waals surface area contributed by atoms with Crippen molar-refractivity contribution >= 4 is 15.9 Å². The van der Waals surface area contributed by atoms with E-state index in [1.807, 2.05) is 0 Å². The largest absolute Gasteiger partial charge is 0.496 e. The van der Waals surface area contributed by atoms with Crippen molar-refractivity contribution in [1.82, 2.24) is 0 Å². The van der Waals surface area contributed by atoms with Crippen LogP contribution in [0.4, 0.5) is 4.39 Å². The van der Waals surface area contributed by atoms with Crippen molar-refractivity contribution in [1.29, 1.82) is 0 Å². The third-order valence-corrected chi connectivity index (χ3v) is 4.96. The summed E-state index contributed by atoms with van der Waals surface area (Å²) >= 11 is 0. The first-order valence-electron chi connectivity index (χ1n) is 6.51. The molecule has 2 rings (SSSR count). The molecule has 0 heterocycles. The van der Waals surface area contributed by atoms with Gasteiger partial charge >= 0.3 is 0 Å². The molecule has 0 bridgehead atoms. The smallest absolute Gasteiger partial charge is 0.235 e. The van der Waals surface area contributed by atoms with Crippen LogP contribution in [-0.4, -0.2) is 27.9 Å². The third kappa shape index (κ3) is 2.84. The van der Waals surface area contributed by atoms with E-state index >= 15 is 0 Å². The standard InChI is InChI=1S/C14H16FNO4S/c1-20-12-8-13(21(2,18)19)11(15)7-10(12)14(16-9-17)5-3-4-6-14/h7-8H,3-6H2,1-2H3. The highest BCUT2D eigenvalue weighted by atomic mass is 32.2. The number of isocyanates is 1. The summed E-state index contributed by atoms with van der Waals surface area (Å²) in [5, 5.41) is 0. The lowest BCUT2D eigenvalue weighted by atomic mass is 9.88. The minimum Gasteiger partial charge on any atom is -0.496 e. The number of sulfone groups is 1. The van der Waals surface area contributed by atoms with Crippen LogP contribution in [0.15, 0.2) is 22.0 Å². The van der Waals surface area contributed by atoms with Gasteiger partial charge in [-0.05, 0) is 18.9 Å². The summed E-state index contributed by atoms with van der Waals surface area (Å²) in [6, 6.07) is 2.27. The van der Waals surface area contributed by atoms with Crippen LogP contribution in [-0.2, 0) is 20.2 Å². The molecule has 21 heavy (non-hydrogen) atoms. The van der Waals surface area contributed by atoms with Crippen molar-refractivity contribution in [3.8, 4) is 5.75 Å². The van der Waals surface area contributed by atoms with Gasteiger partial charge in [0.05, 0.1) is 7.11 Å². The minimum absolute atomic E-state index is 0.220. The molecule has 1 aromatic rings. The topological polar surface area (TPSA) is 72.8 Å². The molecule has 0 aromatic heterocycles. The van der Waals surface area contributed by atoms with E-state index in [2.05, 4.69) is 4.99 Å². The van der Waals surface area contributed by atoms with Gasteiger partial charge in [-0.3, -0.25) is 0 Å². The monoisotopic (exact) mass is 313 g/mol. The van der Waals surface area contributed by atoms with Crippen molar-refractivity contribution < 1.29 is 22.3 Å². The van der Waals surface area contributed by atoms with Crippen LogP contribution < -0.4 is 4.74 Å². The Morgan fingerprint density at radius 3 is 2.43 bits per heavy atom. The molecule has 0 spiro atoms. The van der Waals surface area contributed by atoms with Crippen LogP contribution >= 0.6 is 0 Å². The number of halogens is 1. The third-order valence-electron chi connectivity index (χ3n) is 3.85. The maximum Gasteiger partial charge on any atom is 0.235 e. The molecule has 0 saturated heterocycles. The van der Waals surface area contributed by atoms with Gasteiger partial charge in [0.25, 0.3) is 0 Å². The van der Waals surface area contributed by atoms with Gasteiger partial charge in [-0.1, -0.05) is 12.8 Å². The summed E-state index contributed by atoms with van der Waals surface area (Å²) in [6.45, 7) is 0. The molecule has 1 saturated carbocycles. The van der Waals surface area contributed by atoms with Gasteiger partial charge in [0.15, 0.2) is 9.84 Å². The lowest BCUT2D eigenvalue weighted by Crippen LogP contribution is -2.21. The van der Waals surface area contributed by atoms with Crippen LogP contribution in [0.5, 0.6) is 5.75 Å². The zero-order chi connectivity index (χ0) is 15.7. The predicted molar refractivity (Wildman–Crippen MR) is 74.3 cm³/mol. The Labute approximate surface area is 122 Å². The molecule has 0 atom stereocenters. The molecule has 7 heteroatoms. The highest BCUT2D eigenvalue weighted by Crippen LogP contribution is 2.46. The van der Waals surface area contributed by atoms with Crippen molar-refractivity contribution in [2.24, 2.45) is 4.99 Å². The van der Waals surface area contributed by atoms with Crippen LogP contribution in [0.25, 0.3) is 0 Å². The summed E-state index contributed by atoms with van der Waals surface area (Å²) in [7, 11) is -2.33. The maximum atomic E-state index is 14.2. The number of aliphatic imine (C=N–C) groups is 1. The number of nitrogens with zero attached hydrogens (tertiary/aromatic N) is 1. The van der Waals surface area contributed by atoms with Gasteiger partial charge in [0, 0.05) is 17.9 Å². The molecule has 1 fully saturated rings. The zero-order valence-electron chi connectivity index (χ0n) is 11.8. The Bertz CT molecular complexity index is 702. The van der Waals surface area contributed by atoms with Crippen LogP contribution in [0, 0.1) is 5.82 Å². The van der Waals surface area contributed by atoms with Gasteiger partial charge < -0.3 is 4.74 Å². The number of carbonyl (C=O) groups excluding carboxylic acids is 1. The average Bonchev–Trinajstić information content (AvgIpc) is 2.87. The Balaban J connectivity index is 2.70. The van der Waals surface area contributed by atoms with E-state index in [1.54, 1.807) is 6.08 Å². The second-order valence-electron chi connectivity index (χ2n) is 5.20. The molecule has 0 aliphatic heterocycles. The quantitative estimate of drug-likeness (QED) is 0.632. The Hall–Kier alpha value is -1.72. The van der Waals surface area contributed by atoms with Gasteiger partial charge in [0.2, 0.25) is 6.08 Å². The molecule has 1 aliphatic carbocycles. The molecule has 0 N–H and O–H groups in total. The summed E-state index contributed by atoms with van der Waals surface area (Å²) in [5.74, 6) is -0.640. The second-order valence-corrected chi connectivity index (χ2v) is 7.18. The maximum absolute atomic E-state index is 14.2. The first-order valence-corrected chi connectivity index (χ1v) is 8.40. The van der Waals surface area contributed by atoms with E-state index in [-0.39, 0.29) is 5.75 Å². The van der Waals surface area contributed by atoms with E-state index in [0.717, 1.165) is 31.2 Å². The fraction of sp³-hybridized carbons (Fsp3) is 0.500. The Morgan fingerprint density at radius 2 is 1.95 bits per heavy atom. The minimum atomic E-state index is -3.70. The fourth-order valence-electron chi connectivity index (χ4n) is 2.84. The first-order chi connectivity index (χ1) is 9.84. The number of hydrogen-bond donors (Lipinski definition) is 0. The molecule has 0 radical (unpaired) electrons. The fourth-order valence-corrected chi connectivity index (χ4v) is 3.57. The molecule has 0 unspecified atom stereocenters. The molecular weight excluding hydrogens is 297 g/mol. The van der Waals surface area contributed by atoms with Gasteiger partial charge in [-0.15, -0.1) is 0 Å².